The Morgan fingerprint density at radius 3 is 2.90 bits per heavy atom. The number of hydrogen-bond donors (Lipinski definition) is 2. The second-order valence-electron chi connectivity index (χ2n) is 5.68. The van der Waals surface area contributed by atoms with E-state index in [1.54, 1.807) is 18.3 Å². The molecule has 2 heterocycles. The minimum absolute atomic E-state index is 0.00736. The monoisotopic (exact) mass is 295 g/mol. The van der Waals surface area contributed by atoms with Crippen LogP contribution in [0.2, 0.25) is 0 Å². The molecular weight excluding hydrogens is 270 g/mol. The molecule has 2 N–H and O–H groups in total. The molecule has 1 aromatic rings. The van der Waals surface area contributed by atoms with Crippen molar-refractivity contribution in [3.63, 3.8) is 0 Å². The van der Waals surface area contributed by atoms with Gasteiger partial charge in [0.05, 0.1) is 5.69 Å². The molecular formula is C15H25N3OS. The predicted molar refractivity (Wildman–Crippen MR) is 85.2 cm³/mol. The minimum atomic E-state index is -0.00736. The van der Waals surface area contributed by atoms with Crippen molar-refractivity contribution in [1.29, 1.82) is 0 Å². The molecule has 1 aromatic heterocycles. The van der Waals surface area contributed by atoms with Gasteiger partial charge in [0.15, 0.2) is 0 Å². The lowest BCUT2D eigenvalue weighted by Crippen LogP contribution is -2.31. The second-order valence-corrected chi connectivity index (χ2v) is 6.68. The van der Waals surface area contributed by atoms with Gasteiger partial charge in [-0.2, -0.15) is 0 Å². The number of carbonyl (C=O) groups is 1. The summed E-state index contributed by atoms with van der Waals surface area (Å²) in [4.78, 5) is 14.9. The van der Waals surface area contributed by atoms with Crippen LogP contribution in [0, 0.1) is 5.92 Å². The molecule has 1 aliphatic heterocycles. The topological polar surface area (TPSA) is 44.4 Å². The molecule has 0 bridgehead atoms. The van der Waals surface area contributed by atoms with Gasteiger partial charge < -0.3 is 15.5 Å². The van der Waals surface area contributed by atoms with Gasteiger partial charge in [-0.1, -0.05) is 6.92 Å². The molecule has 0 spiro atoms. The first-order chi connectivity index (χ1) is 9.65. The third kappa shape index (κ3) is 4.89. The number of thiophene rings is 1. The first kappa shape index (κ1) is 15.5. The van der Waals surface area contributed by atoms with Crippen molar-refractivity contribution in [2.75, 3.05) is 31.5 Å². The van der Waals surface area contributed by atoms with Crippen LogP contribution in [0.15, 0.2) is 11.4 Å². The zero-order valence-corrected chi connectivity index (χ0v) is 13.3. The number of nitrogens with zero attached hydrogens (tertiary/aromatic N) is 1. The maximum Gasteiger partial charge on any atom is 0.221 e. The van der Waals surface area contributed by atoms with Gasteiger partial charge in [0, 0.05) is 24.9 Å². The lowest BCUT2D eigenvalue weighted by Gasteiger charge is -2.20. The van der Waals surface area contributed by atoms with Crippen LogP contribution in [0.3, 0.4) is 0 Å². The van der Waals surface area contributed by atoms with Crippen molar-refractivity contribution in [3.05, 3.63) is 16.3 Å². The van der Waals surface area contributed by atoms with Crippen LogP contribution in [-0.4, -0.2) is 37.0 Å². The number of rotatable bonds is 7. The maximum atomic E-state index is 11.1. The van der Waals surface area contributed by atoms with E-state index in [9.17, 15) is 4.79 Å². The van der Waals surface area contributed by atoms with Gasteiger partial charge in [0.1, 0.15) is 0 Å². The SMILES string of the molecule is CC(=O)Nc1ccsc1CNCC(C)CN1CCCC1. The van der Waals surface area contributed by atoms with Crippen LogP contribution in [0.5, 0.6) is 0 Å². The van der Waals surface area contributed by atoms with E-state index < -0.39 is 0 Å². The number of amides is 1. The van der Waals surface area contributed by atoms with Gasteiger partial charge in [0.25, 0.3) is 0 Å². The zero-order chi connectivity index (χ0) is 14.4. The van der Waals surface area contributed by atoms with Gasteiger partial charge in [-0.05, 0) is 49.8 Å². The average Bonchev–Trinajstić information content (AvgIpc) is 3.01. The number of likely N-dealkylation sites (tertiary alicyclic amines) is 1. The summed E-state index contributed by atoms with van der Waals surface area (Å²) >= 11 is 1.69. The van der Waals surface area contributed by atoms with Gasteiger partial charge in [0.2, 0.25) is 5.91 Å². The van der Waals surface area contributed by atoms with Gasteiger partial charge in [-0.3, -0.25) is 4.79 Å². The summed E-state index contributed by atoms with van der Waals surface area (Å²) in [6.07, 6.45) is 2.71. The molecule has 5 heteroatoms. The van der Waals surface area contributed by atoms with E-state index in [-0.39, 0.29) is 5.91 Å². The van der Waals surface area contributed by atoms with Crippen LogP contribution < -0.4 is 10.6 Å². The first-order valence-electron chi connectivity index (χ1n) is 7.42. The van der Waals surface area contributed by atoms with E-state index in [1.807, 2.05) is 11.4 Å². The lowest BCUT2D eigenvalue weighted by atomic mass is 10.1. The normalized spacial score (nSPS) is 17.3. The average molecular weight is 295 g/mol. The minimum Gasteiger partial charge on any atom is -0.325 e. The highest BCUT2D eigenvalue weighted by Crippen LogP contribution is 2.22. The molecule has 1 aliphatic rings. The third-order valence-electron chi connectivity index (χ3n) is 3.60. The summed E-state index contributed by atoms with van der Waals surface area (Å²) in [7, 11) is 0. The smallest absolute Gasteiger partial charge is 0.221 e. The molecule has 1 amide bonds. The third-order valence-corrected chi connectivity index (χ3v) is 4.52. The Morgan fingerprint density at radius 2 is 2.20 bits per heavy atom. The van der Waals surface area contributed by atoms with Crippen molar-refractivity contribution in [2.45, 2.75) is 33.2 Å². The maximum absolute atomic E-state index is 11.1. The van der Waals surface area contributed by atoms with Crippen LogP contribution in [-0.2, 0) is 11.3 Å². The fraction of sp³-hybridized carbons (Fsp3) is 0.667. The quantitative estimate of drug-likeness (QED) is 0.812. The standard InChI is InChI=1S/C15H25N3OS/c1-12(11-18-6-3-4-7-18)9-16-10-15-14(5-8-20-15)17-13(2)19/h5,8,12,16H,3-4,6-7,9-11H2,1-2H3,(H,17,19). The first-order valence-corrected chi connectivity index (χ1v) is 8.30. The molecule has 0 saturated carbocycles. The highest BCUT2D eigenvalue weighted by atomic mass is 32.1. The Balaban J connectivity index is 1.69. The summed E-state index contributed by atoms with van der Waals surface area (Å²) in [5, 5.41) is 8.40. The van der Waals surface area contributed by atoms with Crippen LogP contribution >= 0.6 is 11.3 Å². The van der Waals surface area contributed by atoms with Crippen LogP contribution in [0.25, 0.3) is 0 Å². The second kappa shape index (κ2) is 7.76. The van der Waals surface area contributed by atoms with E-state index in [4.69, 9.17) is 0 Å². The molecule has 1 atom stereocenters. The molecule has 112 valence electrons. The number of nitrogens with one attached hydrogen (secondary N) is 2. The Bertz CT molecular complexity index is 427. The Morgan fingerprint density at radius 1 is 1.45 bits per heavy atom. The fourth-order valence-electron chi connectivity index (χ4n) is 2.68. The molecule has 1 saturated heterocycles. The molecule has 0 aromatic carbocycles. The summed E-state index contributed by atoms with van der Waals surface area (Å²) in [6.45, 7) is 9.42. The zero-order valence-electron chi connectivity index (χ0n) is 12.4. The van der Waals surface area contributed by atoms with E-state index >= 15 is 0 Å². The molecule has 0 radical (unpaired) electrons. The van der Waals surface area contributed by atoms with E-state index in [1.165, 1.54) is 37.4 Å². The lowest BCUT2D eigenvalue weighted by molar-refractivity contribution is -0.114. The van der Waals surface area contributed by atoms with Gasteiger partial charge in [-0.15, -0.1) is 11.3 Å². The van der Waals surface area contributed by atoms with E-state index in [0.29, 0.717) is 5.92 Å². The fourth-order valence-corrected chi connectivity index (χ4v) is 3.48. The molecule has 1 unspecified atom stereocenters. The molecule has 1 fully saturated rings. The highest BCUT2D eigenvalue weighted by molar-refractivity contribution is 7.10. The summed E-state index contributed by atoms with van der Waals surface area (Å²) < 4.78 is 0. The van der Waals surface area contributed by atoms with Crippen LogP contribution in [0.1, 0.15) is 31.6 Å². The van der Waals surface area contributed by atoms with Crippen molar-refractivity contribution >= 4 is 22.9 Å². The highest BCUT2D eigenvalue weighted by Gasteiger charge is 2.14. The molecule has 2 rings (SSSR count). The largest absolute Gasteiger partial charge is 0.325 e. The molecule has 4 nitrogen and oxygen atoms in total. The number of hydrogen-bond acceptors (Lipinski definition) is 4. The van der Waals surface area contributed by atoms with Crippen molar-refractivity contribution < 1.29 is 4.79 Å². The number of anilines is 1. The Kier molecular flexibility index (Phi) is 6.01. The van der Waals surface area contributed by atoms with Crippen molar-refractivity contribution in [2.24, 2.45) is 5.92 Å². The Hall–Kier alpha value is -0.910. The summed E-state index contributed by atoms with van der Waals surface area (Å²) in [5.41, 5.74) is 0.946. The van der Waals surface area contributed by atoms with Gasteiger partial charge in [-0.25, -0.2) is 0 Å². The van der Waals surface area contributed by atoms with E-state index in [0.717, 1.165) is 18.8 Å². The predicted octanol–water partition coefficient (Wildman–Crippen LogP) is 2.53. The summed E-state index contributed by atoms with van der Waals surface area (Å²) in [5.74, 6) is 0.657. The van der Waals surface area contributed by atoms with Crippen molar-refractivity contribution in [1.82, 2.24) is 10.2 Å². The van der Waals surface area contributed by atoms with Crippen molar-refractivity contribution in [3.8, 4) is 0 Å². The van der Waals surface area contributed by atoms with Crippen LogP contribution in [0.4, 0.5) is 5.69 Å². The Labute approximate surface area is 125 Å². The van der Waals surface area contributed by atoms with Gasteiger partial charge >= 0.3 is 0 Å². The molecule has 0 aliphatic carbocycles. The summed E-state index contributed by atoms with van der Waals surface area (Å²) in [6, 6.07) is 1.97. The van der Waals surface area contributed by atoms with E-state index in [2.05, 4.69) is 22.5 Å². The molecule has 20 heavy (non-hydrogen) atoms. The number of carbonyl (C=O) groups excluding carboxylic acids is 1.